The number of hydrogen-bond donors (Lipinski definition) is 1. The first kappa shape index (κ1) is 23.2. The molecule has 33 heavy (non-hydrogen) atoms. The molecule has 0 aliphatic carbocycles. The average Bonchev–Trinajstić information content (AvgIpc) is 2.78. The van der Waals surface area contributed by atoms with Crippen LogP contribution < -0.4 is 5.32 Å². The Balaban J connectivity index is 1.64. The van der Waals surface area contributed by atoms with Crippen molar-refractivity contribution in [1.29, 1.82) is 0 Å². The summed E-state index contributed by atoms with van der Waals surface area (Å²) in [6.07, 6.45) is 1.05. The smallest absolute Gasteiger partial charge is 0.244 e. The predicted octanol–water partition coefficient (Wildman–Crippen LogP) is 4.09. The summed E-state index contributed by atoms with van der Waals surface area (Å²) in [6.45, 7) is 6.23. The van der Waals surface area contributed by atoms with E-state index >= 15 is 0 Å². The minimum Gasteiger partial charge on any atom is -0.354 e. The quantitative estimate of drug-likeness (QED) is 0.600. The number of benzene rings is 3. The third kappa shape index (κ3) is 4.87. The molecule has 5 nitrogen and oxygen atoms in total. The zero-order valence-electron chi connectivity index (χ0n) is 19.3. The Bertz CT molecular complexity index is 1250. The fraction of sp³-hybridized carbons (Fsp3) is 0.296. The normalized spacial score (nSPS) is 16.3. The van der Waals surface area contributed by atoms with Gasteiger partial charge < -0.3 is 5.32 Å². The van der Waals surface area contributed by atoms with E-state index in [1.165, 1.54) is 4.31 Å². The van der Waals surface area contributed by atoms with E-state index in [9.17, 15) is 13.2 Å². The summed E-state index contributed by atoms with van der Waals surface area (Å²) < 4.78 is 29.2. The molecule has 1 amide bonds. The van der Waals surface area contributed by atoms with E-state index in [0.29, 0.717) is 35.4 Å². The van der Waals surface area contributed by atoms with Crippen LogP contribution in [0.1, 0.15) is 33.4 Å². The second-order valence-corrected chi connectivity index (χ2v) is 10.6. The van der Waals surface area contributed by atoms with Crippen molar-refractivity contribution in [2.45, 2.75) is 51.1 Å². The van der Waals surface area contributed by atoms with E-state index in [0.717, 1.165) is 22.3 Å². The summed E-state index contributed by atoms with van der Waals surface area (Å²) in [4.78, 5) is 13.6. The highest BCUT2D eigenvalue weighted by atomic mass is 32.2. The van der Waals surface area contributed by atoms with Crippen molar-refractivity contribution in [3.63, 3.8) is 0 Å². The van der Waals surface area contributed by atoms with Crippen LogP contribution in [0, 0.1) is 20.8 Å². The summed E-state index contributed by atoms with van der Waals surface area (Å²) >= 11 is 0. The van der Waals surface area contributed by atoms with E-state index in [1.807, 2.05) is 87.5 Å². The van der Waals surface area contributed by atoms with Gasteiger partial charge in [0.2, 0.25) is 15.9 Å². The van der Waals surface area contributed by atoms with Gasteiger partial charge in [0.25, 0.3) is 0 Å². The zero-order valence-corrected chi connectivity index (χ0v) is 20.2. The van der Waals surface area contributed by atoms with Crippen LogP contribution in [0.2, 0.25) is 0 Å². The van der Waals surface area contributed by atoms with E-state index in [4.69, 9.17) is 0 Å². The van der Waals surface area contributed by atoms with E-state index in [1.54, 1.807) is 0 Å². The van der Waals surface area contributed by atoms with Crippen molar-refractivity contribution in [3.05, 3.63) is 100 Å². The maximum absolute atomic E-state index is 13.9. The number of carbonyl (C=O) groups excluding carboxylic acids is 1. The van der Waals surface area contributed by atoms with Gasteiger partial charge in [-0.1, -0.05) is 72.3 Å². The molecule has 0 radical (unpaired) electrons. The lowest BCUT2D eigenvalue weighted by Gasteiger charge is -2.35. The number of sulfonamides is 1. The van der Waals surface area contributed by atoms with Crippen LogP contribution in [-0.2, 0) is 34.2 Å². The molecule has 4 rings (SSSR count). The molecular formula is C27H30N2O3S. The third-order valence-corrected chi connectivity index (χ3v) is 8.40. The molecular weight excluding hydrogens is 432 g/mol. The maximum atomic E-state index is 13.9. The number of nitrogens with zero attached hydrogens (tertiary/aromatic N) is 1. The van der Waals surface area contributed by atoms with Crippen LogP contribution in [0.5, 0.6) is 0 Å². The van der Waals surface area contributed by atoms with E-state index < -0.39 is 16.1 Å². The summed E-state index contributed by atoms with van der Waals surface area (Å²) in [5.74, 6) is -0.258. The predicted molar refractivity (Wildman–Crippen MR) is 130 cm³/mol. The largest absolute Gasteiger partial charge is 0.354 e. The van der Waals surface area contributed by atoms with Crippen LogP contribution >= 0.6 is 0 Å². The Hall–Kier alpha value is -2.96. The molecule has 3 aromatic carbocycles. The SMILES string of the molecule is Cc1cc(C)c(S(=O)(=O)N2Cc3ccccc3CC2C(=O)NCCc2ccccc2)c(C)c1. The Labute approximate surface area is 196 Å². The van der Waals surface area contributed by atoms with Gasteiger partial charge in [0, 0.05) is 13.1 Å². The number of fused-ring (bicyclic) bond motifs is 1. The number of amides is 1. The van der Waals surface area contributed by atoms with Gasteiger partial charge in [0.1, 0.15) is 6.04 Å². The molecule has 0 aromatic heterocycles. The van der Waals surface area contributed by atoms with Crippen molar-refractivity contribution in [2.24, 2.45) is 0 Å². The molecule has 172 valence electrons. The first-order chi connectivity index (χ1) is 15.8. The van der Waals surface area contributed by atoms with Crippen LogP contribution in [0.4, 0.5) is 0 Å². The van der Waals surface area contributed by atoms with Gasteiger partial charge in [-0.3, -0.25) is 4.79 Å². The van der Waals surface area contributed by atoms with Crippen LogP contribution in [0.3, 0.4) is 0 Å². The number of hydrogen-bond acceptors (Lipinski definition) is 3. The van der Waals surface area contributed by atoms with Gasteiger partial charge >= 0.3 is 0 Å². The molecule has 6 heteroatoms. The lowest BCUT2D eigenvalue weighted by atomic mass is 9.95. The van der Waals surface area contributed by atoms with Crippen molar-refractivity contribution >= 4 is 15.9 Å². The van der Waals surface area contributed by atoms with Crippen LogP contribution in [-0.4, -0.2) is 31.2 Å². The number of aryl methyl sites for hydroxylation is 3. The van der Waals surface area contributed by atoms with Gasteiger partial charge in [-0.2, -0.15) is 4.31 Å². The second kappa shape index (κ2) is 9.49. The lowest BCUT2D eigenvalue weighted by Crippen LogP contribution is -2.52. The third-order valence-electron chi connectivity index (χ3n) is 6.24. The van der Waals surface area contributed by atoms with Crippen molar-refractivity contribution in [2.75, 3.05) is 6.54 Å². The second-order valence-electron chi connectivity index (χ2n) is 8.79. The molecule has 0 spiro atoms. The van der Waals surface area contributed by atoms with Crippen molar-refractivity contribution in [1.82, 2.24) is 9.62 Å². The molecule has 0 fully saturated rings. The molecule has 3 aromatic rings. The fourth-order valence-corrected chi connectivity index (χ4v) is 6.74. The lowest BCUT2D eigenvalue weighted by molar-refractivity contribution is -0.125. The Morgan fingerprint density at radius 2 is 1.55 bits per heavy atom. The molecule has 1 unspecified atom stereocenters. The standard InChI is InChI=1S/C27H30N2O3S/c1-19-15-20(2)26(21(3)16-19)33(31,32)29-18-24-12-8-7-11-23(24)17-25(29)27(30)28-14-13-22-9-5-4-6-10-22/h4-12,15-16,25H,13-14,17-18H2,1-3H3,(H,28,30). The van der Waals surface area contributed by atoms with Gasteiger partial charge in [0.15, 0.2) is 0 Å². The maximum Gasteiger partial charge on any atom is 0.244 e. The Kier molecular flexibility index (Phi) is 6.68. The number of nitrogens with one attached hydrogen (secondary N) is 1. The van der Waals surface area contributed by atoms with E-state index in [2.05, 4.69) is 5.32 Å². The molecule has 1 aliphatic rings. The Morgan fingerprint density at radius 3 is 2.21 bits per heavy atom. The highest BCUT2D eigenvalue weighted by Crippen LogP contribution is 2.32. The topological polar surface area (TPSA) is 66.5 Å². The highest BCUT2D eigenvalue weighted by Gasteiger charge is 2.40. The first-order valence-corrected chi connectivity index (χ1v) is 12.7. The average molecular weight is 463 g/mol. The fourth-order valence-electron chi connectivity index (χ4n) is 4.76. The minimum atomic E-state index is -3.88. The van der Waals surface area contributed by atoms with Gasteiger partial charge in [-0.05, 0) is 61.4 Å². The number of carbonyl (C=O) groups is 1. The van der Waals surface area contributed by atoms with Crippen LogP contribution in [0.25, 0.3) is 0 Å². The summed E-state index contributed by atoms with van der Waals surface area (Å²) in [6, 6.07) is 20.7. The molecule has 0 saturated heterocycles. The monoisotopic (exact) mass is 462 g/mol. The molecule has 0 bridgehead atoms. The first-order valence-electron chi connectivity index (χ1n) is 11.3. The molecule has 1 aliphatic heterocycles. The molecule has 1 atom stereocenters. The van der Waals surface area contributed by atoms with E-state index in [-0.39, 0.29) is 12.5 Å². The minimum absolute atomic E-state index is 0.183. The van der Waals surface area contributed by atoms with Crippen LogP contribution in [0.15, 0.2) is 71.6 Å². The zero-order chi connectivity index (χ0) is 23.6. The van der Waals surface area contributed by atoms with Gasteiger partial charge in [-0.25, -0.2) is 8.42 Å². The molecule has 1 heterocycles. The van der Waals surface area contributed by atoms with Gasteiger partial charge in [-0.15, -0.1) is 0 Å². The summed E-state index contributed by atoms with van der Waals surface area (Å²) in [5, 5.41) is 2.98. The van der Waals surface area contributed by atoms with Crippen molar-refractivity contribution in [3.8, 4) is 0 Å². The van der Waals surface area contributed by atoms with Gasteiger partial charge in [0.05, 0.1) is 4.90 Å². The number of rotatable bonds is 6. The molecule has 0 saturated carbocycles. The summed E-state index contributed by atoms with van der Waals surface area (Å²) in [7, 11) is -3.88. The molecule has 1 N–H and O–H groups in total. The summed E-state index contributed by atoms with van der Waals surface area (Å²) in [5.41, 5.74) is 5.51. The van der Waals surface area contributed by atoms with Crippen molar-refractivity contribution < 1.29 is 13.2 Å². The highest BCUT2D eigenvalue weighted by molar-refractivity contribution is 7.89. The Morgan fingerprint density at radius 1 is 0.939 bits per heavy atom.